The van der Waals surface area contributed by atoms with Crippen molar-refractivity contribution >= 4 is 11.8 Å². The molecule has 5 nitrogen and oxygen atoms in total. The maximum absolute atomic E-state index is 13.6. The third-order valence-electron chi connectivity index (χ3n) is 4.23. The lowest BCUT2D eigenvalue weighted by Crippen LogP contribution is -2.30. The van der Waals surface area contributed by atoms with Crippen LogP contribution in [0.1, 0.15) is 39.4 Å². The van der Waals surface area contributed by atoms with Crippen molar-refractivity contribution in [2.75, 3.05) is 19.6 Å². The fourth-order valence-electron chi connectivity index (χ4n) is 2.86. The smallest absolute Gasteiger partial charge is 0.272 e. The maximum atomic E-state index is 13.6. The minimum atomic E-state index is -0.368. The first kappa shape index (κ1) is 17.1. The van der Waals surface area contributed by atoms with E-state index in [1.165, 1.54) is 6.07 Å². The molecular formula is C19H20FN3O2. The van der Waals surface area contributed by atoms with Crippen LogP contribution in [0.2, 0.25) is 0 Å². The van der Waals surface area contributed by atoms with Crippen LogP contribution < -0.4 is 5.32 Å². The van der Waals surface area contributed by atoms with Crippen LogP contribution >= 0.6 is 0 Å². The van der Waals surface area contributed by atoms with Gasteiger partial charge in [-0.2, -0.15) is 0 Å². The SMILES string of the molecule is O=C(NCCc1ccccc1F)c1cccc(C(=O)N2CCCC2)n1. The Morgan fingerprint density at radius 2 is 1.76 bits per heavy atom. The van der Waals surface area contributed by atoms with Crippen molar-refractivity contribution in [2.24, 2.45) is 0 Å². The number of hydrogen-bond donors (Lipinski definition) is 1. The summed E-state index contributed by atoms with van der Waals surface area (Å²) in [4.78, 5) is 30.5. The highest BCUT2D eigenvalue weighted by Gasteiger charge is 2.21. The zero-order valence-electron chi connectivity index (χ0n) is 13.9. The van der Waals surface area contributed by atoms with Gasteiger partial charge in [0.1, 0.15) is 17.2 Å². The molecule has 2 aromatic rings. The molecule has 0 unspecified atom stereocenters. The van der Waals surface area contributed by atoms with Crippen molar-refractivity contribution < 1.29 is 14.0 Å². The molecule has 25 heavy (non-hydrogen) atoms. The third-order valence-corrected chi connectivity index (χ3v) is 4.23. The summed E-state index contributed by atoms with van der Waals surface area (Å²) in [6.07, 6.45) is 2.40. The van der Waals surface area contributed by atoms with E-state index in [1.807, 2.05) is 0 Å². The van der Waals surface area contributed by atoms with Gasteiger partial charge in [0, 0.05) is 19.6 Å². The van der Waals surface area contributed by atoms with Crippen molar-refractivity contribution in [2.45, 2.75) is 19.3 Å². The number of pyridine rings is 1. The predicted octanol–water partition coefficient (Wildman–Crippen LogP) is 2.43. The molecule has 1 aliphatic rings. The van der Waals surface area contributed by atoms with Gasteiger partial charge in [0.2, 0.25) is 0 Å². The number of likely N-dealkylation sites (tertiary alicyclic amines) is 1. The number of nitrogens with zero attached hydrogens (tertiary/aromatic N) is 2. The summed E-state index contributed by atoms with van der Waals surface area (Å²) in [6, 6.07) is 11.3. The van der Waals surface area contributed by atoms with Crippen molar-refractivity contribution in [1.29, 1.82) is 0 Å². The van der Waals surface area contributed by atoms with Crippen LogP contribution in [0.4, 0.5) is 4.39 Å². The lowest BCUT2D eigenvalue weighted by atomic mass is 10.1. The number of benzene rings is 1. The number of aromatic nitrogens is 1. The minimum Gasteiger partial charge on any atom is -0.350 e. The molecule has 6 heteroatoms. The van der Waals surface area contributed by atoms with E-state index in [0.29, 0.717) is 18.5 Å². The number of carbonyl (C=O) groups excluding carboxylic acids is 2. The summed E-state index contributed by atoms with van der Waals surface area (Å²) in [5.74, 6) is -0.793. The highest BCUT2D eigenvalue weighted by Crippen LogP contribution is 2.12. The van der Waals surface area contributed by atoms with E-state index in [-0.39, 0.29) is 29.0 Å². The van der Waals surface area contributed by atoms with Crippen molar-refractivity contribution in [3.8, 4) is 0 Å². The van der Waals surface area contributed by atoms with Gasteiger partial charge in [-0.25, -0.2) is 9.37 Å². The Morgan fingerprint density at radius 3 is 2.52 bits per heavy atom. The molecule has 3 rings (SSSR count). The van der Waals surface area contributed by atoms with Gasteiger partial charge in [0.15, 0.2) is 0 Å². The number of carbonyl (C=O) groups is 2. The molecule has 1 fully saturated rings. The Kier molecular flexibility index (Phi) is 5.38. The fraction of sp³-hybridized carbons (Fsp3) is 0.316. The molecule has 1 N–H and O–H groups in total. The topological polar surface area (TPSA) is 62.3 Å². The zero-order valence-corrected chi connectivity index (χ0v) is 13.9. The van der Waals surface area contributed by atoms with E-state index >= 15 is 0 Å². The first-order valence-electron chi connectivity index (χ1n) is 8.43. The monoisotopic (exact) mass is 341 g/mol. The van der Waals surface area contributed by atoms with E-state index < -0.39 is 0 Å². The quantitative estimate of drug-likeness (QED) is 0.908. The number of hydrogen-bond acceptors (Lipinski definition) is 3. The first-order chi connectivity index (χ1) is 12.1. The Labute approximate surface area is 145 Å². The van der Waals surface area contributed by atoms with Gasteiger partial charge in [-0.1, -0.05) is 24.3 Å². The van der Waals surface area contributed by atoms with Crippen LogP contribution in [0.15, 0.2) is 42.5 Å². The molecule has 0 spiro atoms. The molecular weight excluding hydrogens is 321 g/mol. The second kappa shape index (κ2) is 7.88. The molecule has 1 aliphatic heterocycles. The van der Waals surface area contributed by atoms with Crippen molar-refractivity contribution in [3.05, 3.63) is 65.2 Å². The van der Waals surface area contributed by atoms with Gasteiger partial charge in [-0.3, -0.25) is 9.59 Å². The van der Waals surface area contributed by atoms with E-state index in [0.717, 1.165) is 25.9 Å². The van der Waals surface area contributed by atoms with E-state index in [9.17, 15) is 14.0 Å². The number of amides is 2. The van der Waals surface area contributed by atoms with Gasteiger partial charge in [-0.05, 0) is 43.0 Å². The van der Waals surface area contributed by atoms with Gasteiger partial charge in [0.25, 0.3) is 11.8 Å². The number of nitrogens with one attached hydrogen (secondary N) is 1. The molecule has 1 aromatic carbocycles. The van der Waals surface area contributed by atoms with Crippen LogP contribution in [0.25, 0.3) is 0 Å². The molecule has 0 saturated carbocycles. The maximum Gasteiger partial charge on any atom is 0.272 e. The van der Waals surface area contributed by atoms with Crippen molar-refractivity contribution in [3.63, 3.8) is 0 Å². The lowest BCUT2D eigenvalue weighted by molar-refractivity contribution is 0.0787. The molecule has 1 saturated heterocycles. The van der Waals surface area contributed by atoms with E-state index in [4.69, 9.17) is 0 Å². The Bertz CT molecular complexity index is 773. The second-order valence-electron chi connectivity index (χ2n) is 6.00. The lowest BCUT2D eigenvalue weighted by Gasteiger charge is -2.14. The Hall–Kier alpha value is -2.76. The average molecular weight is 341 g/mol. The first-order valence-corrected chi connectivity index (χ1v) is 8.43. The molecule has 2 amide bonds. The molecule has 2 heterocycles. The Morgan fingerprint density at radius 1 is 1.04 bits per heavy atom. The van der Waals surface area contributed by atoms with Crippen LogP contribution in [-0.2, 0) is 6.42 Å². The normalized spacial score (nSPS) is 13.7. The van der Waals surface area contributed by atoms with Gasteiger partial charge < -0.3 is 10.2 Å². The standard InChI is InChI=1S/C19H20FN3O2/c20-15-7-2-1-6-14(15)10-11-21-18(24)16-8-5-9-17(22-16)19(25)23-12-3-4-13-23/h1-2,5-9H,3-4,10-13H2,(H,21,24). The van der Waals surface area contributed by atoms with Crippen LogP contribution in [0.5, 0.6) is 0 Å². The summed E-state index contributed by atoms with van der Waals surface area (Å²) in [6.45, 7) is 1.77. The van der Waals surface area contributed by atoms with Crippen LogP contribution in [-0.4, -0.2) is 41.3 Å². The number of rotatable bonds is 5. The molecule has 0 radical (unpaired) electrons. The van der Waals surface area contributed by atoms with Crippen molar-refractivity contribution in [1.82, 2.24) is 15.2 Å². The van der Waals surface area contributed by atoms with Gasteiger partial charge >= 0.3 is 0 Å². The van der Waals surface area contributed by atoms with Gasteiger partial charge in [-0.15, -0.1) is 0 Å². The van der Waals surface area contributed by atoms with Crippen LogP contribution in [0.3, 0.4) is 0 Å². The highest BCUT2D eigenvalue weighted by molar-refractivity contribution is 5.96. The molecule has 1 aromatic heterocycles. The highest BCUT2D eigenvalue weighted by atomic mass is 19.1. The summed E-state index contributed by atoms with van der Waals surface area (Å²) in [5, 5.41) is 2.72. The summed E-state index contributed by atoms with van der Waals surface area (Å²) in [5.41, 5.74) is 1.02. The summed E-state index contributed by atoms with van der Waals surface area (Å²) >= 11 is 0. The fourth-order valence-corrected chi connectivity index (χ4v) is 2.86. The largest absolute Gasteiger partial charge is 0.350 e. The predicted molar refractivity (Wildman–Crippen MR) is 91.8 cm³/mol. The minimum absolute atomic E-state index is 0.140. The molecule has 0 aliphatic carbocycles. The average Bonchev–Trinajstić information content (AvgIpc) is 3.17. The molecule has 130 valence electrons. The Balaban J connectivity index is 1.59. The summed E-state index contributed by atoms with van der Waals surface area (Å²) < 4.78 is 13.6. The zero-order chi connectivity index (χ0) is 17.6. The number of halogens is 1. The van der Waals surface area contributed by atoms with E-state index in [1.54, 1.807) is 41.3 Å². The second-order valence-corrected chi connectivity index (χ2v) is 6.00. The van der Waals surface area contributed by atoms with E-state index in [2.05, 4.69) is 10.3 Å². The molecule has 0 bridgehead atoms. The van der Waals surface area contributed by atoms with Crippen LogP contribution in [0, 0.1) is 5.82 Å². The summed E-state index contributed by atoms with van der Waals surface area (Å²) in [7, 11) is 0. The molecule has 0 atom stereocenters. The third kappa shape index (κ3) is 4.21. The van der Waals surface area contributed by atoms with Gasteiger partial charge in [0.05, 0.1) is 0 Å².